The van der Waals surface area contributed by atoms with E-state index in [1.165, 1.54) is 41.1 Å². The molecule has 0 bridgehead atoms. The van der Waals surface area contributed by atoms with Gasteiger partial charge in [-0.25, -0.2) is 4.39 Å². The fourth-order valence-electron chi connectivity index (χ4n) is 3.78. The number of carbonyl (C=O) groups is 2. The summed E-state index contributed by atoms with van der Waals surface area (Å²) in [6, 6.07) is 11.0. The van der Waals surface area contributed by atoms with Crippen molar-refractivity contribution >= 4 is 17.5 Å². The van der Waals surface area contributed by atoms with E-state index in [4.69, 9.17) is 0 Å². The number of aryl methyl sites for hydroxylation is 1. The number of rotatable bonds is 5. The summed E-state index contributed by atoms with van der Waals surface area (Å²) in [7, 11) is 0. The van der Waals surface area contributed by atoms with Gasteiger partial charge in [0.2, 0.25) is 5.91 Å². The molecule has 1 heterocycles. The standard InChI is InChI=1S/C24H30FN3O2/c1-16(2)22(26-23(29)19-8-10-20(25)11-9-19)24(30)28-14-12-27(13-15-28)21-7-5-6-17(3)18(21)4/h5-11,16,22H,12-15H2,1-4H3,(H,26,29)/t22-/m0/s1. The van der Waals surface area contributed by atoms with E-state index in [0.29, 0.717) is 18.7 Å². The Morgan fingerprint density at radius 1 is 0.967 bits per heavy atom. The van der Waals surface area contributed by atoms with Crippen LogP contribution < -0.4 is 10.2 Å². The fraction of sp³-hybridized carbons (Fsp3) is 0.417. The summed E-state index contributed by atoms with van der Waals surface area (Å²) in [5.74, 6) is -0.888. The number of piperazine rings is 1. The van der Waals surface area contributed by atoms with Crippen molar-refractivity contribution in [3.05, 3.63) is 65.0 Å². The number of carbonyl (C=O) groups excluding carboxylic acids is 2. The summed E-state index contributed by atoms with van der Waals surface area (Å²) in [5.41, 5.74) is 4.08. The van der Waals surface area contributed by atoms with E-state index in [-0.39, 0.29) is 17.7 Å². The first-order valence-electron chi connectivity index (χ1n) is 10.4. The van der Waals surface area contributed by atoms with Gasteiger partial charge in [0.15, 0.2) is 0 Å². The highest BCUT2D eigenvalue weighted by Crippen LogP contribution is 2.24. The monoisotopic (exact) mass is 411 g/mol. The van der Waals surface area contributed by atoms with E-state index in [9.17, 15) is 14.0 Å². The zero-order chi connectivity index (χ0) is 21.8. The number of nitrogens with zero attached hydrogens (tertiary/aromatic N) is 2. The number of halogens is 1. The Balaban J connectivity index is 1.64. The maximum absolute atomic E-state index is 13.2. The number of hydrogen-bond donors (Lipinski definition) is 1. The number of benzene rings is 2. The molecule has 1 fully saturated rings. The first kappa shape index (κ1) is 21.8. The van der Waals surface area contributed by atoms with Crippen LogP contribution in [0.15, 0.2) is 42.5 Å². The molecule has 0 radical (unpaired) electrons. The Labute approximate surface area is 177 Å². The molecule has 5 nitrogen and oxygen atoms in total. The molecule has 3 rings (SSSR count). The number of hydrogen-bond acceptors (Lipinski definition) is 3. The van der Waals surface area contributed by atoms with Crippen molar-refractivity contribution in [1.29, 1.82) is 0 Å². The highest BCUT2D eigenvalue weighted by Gasteiger charge is 2.31. The zero-order valence-corrected chi connectivity index (χ0v) is 18.1. The topological polar surface area (TPSA) is 52.6 Å². The van der Waals surface area contributed by atoms with Gasteiger partial charge in [-0.2, -0.15) is 0 Å². The van der Waals surface area contributed by atoms with Gasteiger partial charge >= 0.3 is 0 Å². The number of anilines is 1. The molecule has 0 aliphatic carbocycles. The van der Waals surface area contributed by atoms with Crippen molar-refractivity contribution < 1.29 is 14.0 Å². The minimum atomic E-state index is -0.616. The third-order valence-corrected chi connectivity index (χ3v) is 5.83. The average Bonchev–Trinajstić information content (AvgIpc) is 2.74. The zero-order valence-electron chi connectivity index (χ0n) is 18.1. The lowest BCUT2D eigenvalue weighted by Gasteiger charge is -2.39. The quantitative estimate of drug-likeness (QED) is 0.819. The summed E-state index contributed by atoms with van der Waals surface area (Å²) < 4.78 is 13.1. The molecule has 30 heavy (non-hydrogen) atoms. The second kappa shape index (κ2) is 9.28. The normalized spacial score (nSPS) is 15.3. The molecule has 2 aromatic rings. The molecule has 0 saturated carbocycles. The van der Waals surface area contributed by atoms with E-state index < -0.39 is 11.9 Å². The number of nitrogens with one attached hydrogen (secondary N) is 1. The van der Waals surface area contributed by atoms with Gasteiger partial charge in [-0.15, -0.1) is 0 Å². The average molecular weight is 412 g/mol. The van der Waals surface area contributed by atoms with Crippen LogP contribution in [0.1, 0.15) is 35.3 Å². The smallest absolute Gasteiger partial charge is 0.251 e. The summed E-state index contributed by atoms with van der Waals surface area (Å²) in [6.45, 7) is 10.8. The van der Waals surface area contributed by atoms with Crippen LogP contribution in [-0.2, 0) is 4.79 Å². The molecule has 1 aliphatic heterocycles. The Kier molecular flexibility index (Phi) is 6.75. The predicted molar refractivity (Wildman–Crippen MR) is 117 cm³/mol. The molecule has 1 aliphatic rings. The predicted octanol–water partition coefficient (Wildman–Crippen LogP) is 3.55. The molecule has 160 valence electrons. The van der Waals surface area contributed by atoms with Crippen LogP contribution in [0.2, 0.25) is 0 Å². The molecule has 6 heteroatoms. The van der Waals surface area contributed by atoms with E-state index in [0.717, 1.165) is 13.1 Å². The summed E-state index contributed by atoms with van der Waals surface area (Å²) >= 11 is 0. The Morgan fingerprint density at radius 2 is 1.60 bits per heavy atom. The molecule has 0 spiro atoms. The van der Waals surface area contributed by atoms with Crippen LogP contribution in [0.5, 0.6) is 0 Å². The van der Waals surface area contributed by atoms with Gasteiger partial charge in [-0.1, -0.05) is 26.0 Å². The largest absolute Gasteiger partial charge is 0.368 e. The van der Waals surface area contributed by atoms with E-state index in [2.05, 4.69) is 42.3 Å². The third kappa shape index (κ3) is 4.81. The van der Waals surface area contributed by atoms with Gasteiger partial charge in [0.1, 0.15) is 11.9 Å². The van der Waals surface area contributed by atoms with Crippen LogP contribution in [0, 0.1) is 25.6 Å². The molecule has 1 atom stereocenters. The van der Waals surface area contributed by atoms with Crippen molar-refractivity contribution in [3.63, 3.8) is 0 Å². The summed E-state index contributed by atoms with van der Waals surface area (Å²) in [6.07, 6.45) is 0. The van der Waals surface area contributed by atoms with Crippen LogP contribution in [0.25, 0.3) is 0 Å². The minimum absolute atomic E-state index is 0.0565. The third-order valence-electron chi connectivity index (χ3n) is 5.83. The molecule has 1 N–H and O–H groups in total. The van der Waals surface area contributed by atoms with E-state index in [1.54, 1.807) is 0 Å². The lowest BCUT2D eigenvalue weighted by atomic mass is 10.0. The minimum Gasteiger partial charge on any atom is -0.368 e. The lowest BCUT2D eigenvalue weighted by Crippen LogP contribution is -2.56. The highest BCUT2D eigenvalue weighted by molar-refractivity contribution is 5.97. The Bertz CT molecular complexity index is 903. The van der Waals surface area contributed by atoms with E-state index >= 15 is 0 Å². The first-order chi connectivity index (χ1) is 14.3. The van der Waals surface area contributed by atoms with E-state index in [1.807, 2.05) is 18.7 Å². The molecular weight excluding hydrogens is 381 g/mol. The van der Waals surface area contributed by atoms with Crippen molar-refractivity contribution in [2.75, 3.05) is 31.1 Å². The first-order valence-corrected chi connectivity index (χ1v) is 10.4. The van der Waals surface area contributed by atoms with Crippen molar-refractivity contribution in [1.82, 2.24) is 10.2 Å². The van der Waals surface area contributed by atoms with Gasteiger partial charge in [-0.3, -0.25) is 9.59 Å². The van der Waals surface area contributed by atoms with Gasteiger partial charge in [0.25, 0.3) is 5.91 Å². The Hall–Kier alpha value is -2.89. The molecule has 2 amide bonds. The van der Waals surface area contributed by atoms with Gasteiger partial charge in [-0.05, 0) is 61.2 Å². The van der Waals surface area contributed by atoms with Crippen LogP contribution in [-0.4, -0.2) is 48.9 Å². The van der Waals surface area contributed by atoms with Gasteiger partial charge < -0.3 is 15.1 Å². The van der Waals surface area contributed by atoms with Crippen molar-refractivity contribution in [2.45, 2.75) is 33.7 Å². The molecular formula is C24H30FN3O2. The molecule has 1 saturated heterocycles. The second-order valence-corrected chi connectivity index (χ2v) is 8.23. The van der Waals surface area contributed by atoms with Crippen molar-refractivity contribution in [2.24, 2.45) is 5.92 Å². The van der Waals surface area contributed by atoms with Crippen LogP contribution >= 0.6 is 0 Å². The SMILES string of the molecule is Cc1cccc(N2CCN(C(=O)[C@@H](NC(=O)c3ccc(F)cc3)C(C)C)CC2)c1C. The lowest BCUT2D eigenvalue weighted by molar-refractivity contribution is -0.134. The highest BCUT2D eigenvalue weighted by atomic mass is 19.1. The Morgan fingerprint density at radius 3 is 2.20 bits per heavy atom. The van der Waals surface area contributed by atoms with Crippen LogP contribution in [0.4, 0.5) is 10.1 Å². The number of amides is 2. The maximum atomic E-state index is 13.2. The molecule has 0 aromatic heterocycles. The molecule has 0 unspecified atom stereocenters. The molecule has 2 aromatic carbocycles. The van der Waals surface area contributed by atoms with Gasteiger partial charge in [0, 0.05) is 37.4 Å². The van der Waals surface area contributed by atoms with Crippen LogP contribution in [0.3, 0.4) is 0 Å². The van der Waals surface area contributed by atoms with Crippen molar-refractivity contribution in [3.8, 4) is 0 Å². The van der Waals surface area contributed by atoms with Gasteiger partial charge in [0.05, 0.1) is 0 Å². The summed E-state index contributed by atoms with van der Waals surface area (Å²) in [5, 5.41) is 2.84. The fourth-order valence-corrected chi connectivity index (χ4v) is 3.78. The summed E-state index contributed by atoms with van der Waals surface area (Å²) in [4.78, 5) is 29.9. The maximum Gasteiger partial charge on any atom is 0.251 e. The second-order valence-electron chi connectivity index (χ2n) is 8.23.